The summed E-state index contributed by atoms with van der Waals surface area (Å²) in [4.78, 5) is 29.9. The molecule has 1 atom stereocenters. The maximum Gasteiger partial charge on any atom is 0.251 e. The van der Waals surface area contributed by atoms with Gasteiger partial charge in [-0.25, -0.2) is 9.37 Å². The fourth-order valence-corrected chi connectivity index (χ4v) is 4.15. The molecule has 3 aromatic carbocycles. The molecule has 2 amide bonds. The first kappa shape index (κ1) is 23.1. The van der Waals surface area contributed by atoms with Crippen molar-refractivity contribution in [2.45, 2.75) is 12.5 Å². The molecule has 6 nitrogen and oxygen atoms in total. The van der Waals surface area contributed by atoms with Gasteiger partial charge in [-0.1, -0.05) is 48.5 Å². The van der Waals surface area contributed by atoms with Crippen molar-refractivity contribution in [3.63, 3.8) is 0 Å². The Labute approximate surface area is 200 Å². The molecule has 0 bridgehead atoms. The number of ether oxygens (including phenoxy) is 1. The third-order valence-corrected chi connectivity index (χ3v) is 5.89. The summed E-state index contributed by atoms with van der Waals surface area (Å²) in [6.45, 7) is 0. The Hall–Kier alpha value is -4.04. The number of halogens is 1. The van der Waals surface area contributed by atoms with Gasteiger partial charge in [-0.05, 0) is 35.9 Å². The van der Waals surface area contributed by atoms with Gasteiger partial charge in [0.1, 0.15) is 0 Å². The van der Waals surface area contributed by atoms with Crippen molar-refractivity contribution >= 4 is 28.3 Å². The summed E-state index contributed by atoms with van der Waals surface area (Å²) in [5, 5.41) is 7.85. The molecule has 1 unspecified atom stereocenters. The average molecular weight is 476 g/mol. The zero-order valence-electron chi connectivity index (χ0n) is 18.3. The monoisotopic (exact) mass is 475 g/mol. The summed E-state index contributed by atoms with van der Waals surface area (Å²) in [5.41, 5.74) is 2.45. The van der Waals surface area contributed by atoms with Crippen LogP contribution in [0.1, 0.15) is 28.4 Å². The van der Waals surface area contributed by atoms with E-state index in [4.69, 9.17) is 4.74 Å². The predicted octanol–water partition coefficient (Wildman–Crippen LogP) is 5.46. The summed E-state index contributed by atoms with van der Waals surface area (Å²) in [7, 11) is 1.40. The minimum absolute atomic E-state index is 0.0225. The van der Waals surface area contributed by atoms with Gasteiger partial charge in [0.15, 0.2) is 16.7 Å². The van der Waals surface area contributed by atoms with Crippen LogP contribution in [0.3, 0.4) is 0 Å². The first-order chi connectivity index (χ1) is 16.5. The number of hydrogen-bond donors (Lipinski definition) is 2. The summed E-state index contributed by atoms with van der Waals surface area (Å²) < 4.78 is 19.0. The Morgan fingerprint density at radius 2 is 1.74 bits per heavy atom. The largest absolute Gasteiger partial charge is 0.494 e. The first-order valence-electron chi connectivity index (χ1n) is 10.5. The number of nitrogens with one attached hydrogen (secondary N) is 2. The molecule has 1 aromatic heterocycles. The maximum atomic E-state index is 14.0. The quantitative estimate of drug-likeness (QED) is 0.355. The molecule has 0 radical (unpaired) electrons. The van der Waals surface area contributed by atoms with Gasteiger partial charge >= 0.3 is 0 Å². The van der Waals surface area contributed by atoms with E-state index in [1.54, 1.807) is 35.7 Å². The molecule has 0 saturated heterocycles. The number of benzene rings is 3. The number of thiazole rings is 1. The Morgan fingerprint density at radius 1 is 1.03 bits per heavy atom. The molecule has 8 heteroatoms. The van der Waals surface area contributed by atoms with Crippen molar-refractivity contribution in [3.8, 4) is 17.0 Å². The molecule has 1 heterocycles. The number of methoxy groups -OCH3 is 1. The maximum absolute atomic E-state index is 14.0. The number of nitrogens with zero attached hydrogens (tertiary/aromatic N) is 1. The minimum atomic E-state index is -0.524. The highest BCUT2D eigenvalue weighted by atomic mass is 32.1. The van der Waals surface area contributed by atoms with E-state index in [0.29, 0.717) is 22.0 Å². The Balaban J connectivity index is 1.46. The van der Waals surface area contributed by atoms with E-state index in [0.717, 1.165) is 5.56 Å². The average Bonchev–Trinajstić information content (AvgIpc) is 3.33. The minimum Gasteiger partial charge on any atom is -0.494 e. The van der Waals surface area contributed by atoms with Crippen molar-refractivity contribution in [3.05, 3.63) is 101 Å². The van der Waals surface area contributed by atoms with Gasteiger partial charge in [0, 0.05) is 16.5 Å². The van der Waals surface area contributed by atoms with E-state index in [1.165, 1.54) is 30.6 Å². The first-order valence-corrected chi connectivity index (χ1v) is 11.4. The third kappa shape index (κ3) is 5.65. The van der Waals surface area contributed by atoms with Crippen molar-refractivity contribution in [1.82, 2.24) is 10.3 Å². The Morgan fingerprint density at radius 3 is 2.41 bits per heavy atom. The van der Waals surface area contributed by atoms with Crippen LogP contribution in [0.25, 0.3) is 11.3 Å². The number of carbonyl (C=O) groups excluding carboxylic acids is 2. The fourth-order valence-electron chi connectivity index (χ4n) is 3.41. The predicted molar refractivity (Wildman–Crippen MR) is 130 cm³/mol. The van der Waals surface area contributed by atoms with Crippen molar-refractivity contribution in [2.24, 2.45) is 0 Å². The van der Waals surface area contributed by atoms with Crippen LogP contribution in [0.2, 0.25) is 0 Å². The van der Waals surface area contributed by atoms with Gasteiger partial charge in [0.05, 0.1) is 25.3 Å². The van der Waals surface area contributed by atoms with Gasteiger partial charge in [0.2, 0.25) is 5.91 Å². The second-order valence-corrected chi connectivity index (χ2v) is 8.30. The molecule has 0 saturated carbocycles. The number of carbonyl (C=O) groups is 2. The molecule has 0 fully saturated rings. The zero-order valence-corrected chi connectivity index (χ0v) is 19.1. The van der Waals surface area contributed by atoms with Crippen LogP contribution >= 0.6 is 11.3 Å². The molecule has 0 aliphatic rings. The van der Waals surface area contributed by atoms with Gasteiger partial charge < -0.3 is 15.4 Å². The van der Waals surface area contributed by atoms with Gasteiger partial charge in [-0.15, -0.1) is 11.3 Å². The van der Waals surface area contributed by atoms with Crippen LogP contribution in [-0.4, -0.2) is 23.9 Å². The molecule has 4 rings (SSSR count). The molecular formula is C26H22FN3O3S. The second-order valence-electron chi connectivity index (χ2n) is 7.44. The van der Waals surface area contributed by atoms with Crippen LogP contribution in [-0.2, 0) is 4.79 Å². The molecule has 0 aliphatic heterocycles. The molecule has 34 heavy (non-hydrogen) atoms. The van der Waals surface area contributed by atoms with Gasteiger partial charge in [-0.2, -0.15) is 0 Å². The SMILES string of the molecule is COc1ccc(-c2csc(NC(=O)CC(NC(=O)c3ccccc3)c3ccccc3)n2)cc1F. The van der Waals surface area contributed by atoms with E-state index in [2.05, 4.69) is 15.6 Å². The lowest BCUT2D eigenvalue weighted by Crippen LogP contribution is -2.31. The van der Waals surface area contributed by atoms with E-state index < -0.39 is 11.9 Å². The fraction of sp³-hybridized carbons (Fsp3) is 0.115. The van der Waals surface area contributed by atoms with Gasteiger partial charge in [-0.3, -0.25) is 9.59 Å². The van der Waals surface area contributed by atoms with E-state index >= 15 is 0 Å². The Bertz CT molecular complexity index is 1280. The van der Waals surface area contributed by atoms with E-state index in [1.807, 2.05) is 36.4 Å². The number of amides is 2. The van der Waals surface area contributed by atoms with Gasteiger partial charge in [0.25, 0.3) is 5.91 Å². The summed E-state index contributed by atoms with van der Waals surface area (Å²) in [5.74, 6) is -0.903. The second kappa shape index (κ2) is 10.7. The van der Waals surface area contributed by atoms with E-state index in [-0.39, 0.29) is 24.0 Å². The lowest BCUT2D eigenvalue weighted by molar-refractivity contribution is -0.116. The topological polar surface area (TPSA) is 80.3 Å². The molecule has 4 aromatic rings. The summed E-state index contributed by atoms with van der Waals surface area (Å²) in [6.07, 6.45) is 0.0225. The summed E-state index contributed by atoms with van der Waals surface area (Å²) in [6, 6.07) is 22.2. The molecule has 0 aliphatic carbocycles. The number of anilines is 1. The lowest BCUT2D eigenvalue weighted by Gasteiger charge is -2.19. The highest BCUT2D eigenvalue weighted by Crippen LogP contribution is 2.29. The van der Waals surface area contributed by atoms with Crippen molar-refractivity contribution in [2.75, 3.05) is 12.4 Å². The lowest BCUT2D eigenvalue weighted by atomic mass is 10.0. The Kier molecular flexibility index (Phi) is 7.29. The van der Waals surface area contributed by atoms with Crippen LogP contribution in [0.15, 0.2) is 84.2 Å². The normalized spacial score (nSPS) is 11.5. The number of rotatable bonds is 8. The molecular weight excluding hydrogens is 453 g/mol. The van der Waals surface area contributed by atoms with Crippen LogP contribution in [0, 0.1) is 5.82 Å². The number of hydrogen-bond acceptors (Lipinski definition) is 5. The third-order valence-electron chi connectivity index (χ3n) is 5.13. The summed E-state index contributed by atoms with van der Waals surface area (Å²) >= 11 is 1.24. The molecule has 2 N–H and O–H groups in total. The van der Waals surface area contributed by atoms with E-state index in [9.17, 15) is 14.0 Å². The van der Waals surface area contributed by atoms with Crippen LogP contribution in [0.4, 0.5) is 9.52 Å². The number of aromatic nitrogens is 1. The van der Waals surface area contributed by atoms with Crippen LogP contribution < -0.4 is 15.4 Å². The highest BCUT2D eigenvalue weighted by Gasteiger charge is 2.20. The smallest absolute Gasteiger partial charge is 0.251 e. The van der Waals surface area contributed by atoms with Crippen molar-refractivity contribution in [1.29, 1.82) is 0 Å². The zero-order chi connectivity index (χ0) is 23.9. The van der Waals surface area contributed by atoms with Crippen LogP contribution in [0.5, 0.6) is 5.75 Å². The van der Waals surface area contributed by atoms with Crippen molar-refractivity contribution < 1.29 is 18.7 Å². The molecule has 0 spiro atoms. The highest BCUT2D eigenvalue weighted by molar-refractivity contribution is 7.14. The standard InChI is InChI=1S/C26H22FN3O3S/c1-33-23-13-12-19(14-20(23)27)22-16-34-26(29-22)30-24(31)15-21(17-8-4-2-5-9-17)28-25(32)18-10-6-3-7-11-18/h2-14,16,21H,15H2,1H3,(H,28,32)(H,29,30,31). The molecule has 172 valence electrons.